The van der Waals surface area contributed by atoms with Crippen molar-refractivity contribution in [2.75, 3.05) is 25.1 Å². The van der Waals surface area contributed by atoms with Gasteiger partial charge in [-0.05, 0) is 30.9 Å². The van der Waals surface area contributed by atoms with Gasteiger partial charge in [-0.2, -0.15) is 0 Å². The fraction of sp³-hybridized carbons (Fsp3) is 0.400. The first-order chi connectivity index (χ1) is 13.3. The average Bonchev–Trinajstić information content (AvgIpc) is 3.46. The number of anilines is 1. The van der Waals surface area contributed by atoms with Crippen molar-refractivity contribution in [3.05, 3.63) is 47.9 Å². The van der Waals surface area contributed by atoms with Crippen LogP contribution in [0.5, 0.6) is 5.75 Å². The van der Waals surface area contributed by atoms with Gasteiger partial charge in [0.25, 0.3) is 0 Å². The Balaban J connectivity index is 1.51. The molecule has 4 N–H and O–H groups in total. The van der Waals surface area contributed by atoms with E-state index in [0.29, 0.717) is 19.1 Å². The molecule has 27 heavy (non-hydrogen) atoms. The first kappa shape index (κ1) is 16.5. The molecule has 1 aliphatic heterocycles. The van der Waals surface area contributed by atoms with E-state index in [1.54, 1.807) is 6.33 Å². The van der Waals surface area contributed by atoms with Crippen molar-refractivity contribution in [1.82, 2.24) is 20.3 Å². The highest BCUT2D eigenvalue weighted by Crippen LogP contribution is 2.41. The molecule has 2 aromatic heterocycles. The summed E-state index contributed by atoms with van der Waals surface area (Å²) in [4.78, 5) is 12.4. The third kappa shape index (κ3) is 3.13. The number of aromatic amines is 1. The lowest BCUT2D eigenvalue weighted by Crippen LogP contribution is -2.46. The molecule has 1 saturated carbocycles. The molecule has 0 amide bonds. The van der Waals surface area contributed by atoms with E-state index in [9.17, 15) is 5.11 Å². The molecule has 3 heterocycles. The van der Waals surface area contributed by atoms with Gasteiger partial charge < -0.3 is 25.5 Å². The van der Waals surface area contributed by atoms with Gasteiger partial charge in [0, 0.05) is 17.8 Å². The summed E-state index contributed by atoms with van der Waals surface area (Å²) >= 11 is 0. The molecule has 3 aromatic rings. The molecule has 2 atom stereocenters. The highest BCUT2D eigenvalue weighted by atomic mass is 16.5. The predicted molar refractivity (Wildman–Crippen MR) is 103 cm³/mol. The first-order valence-corrected chi connectivity index (χ1v) is 9.49. The number of H-pyrrole nitrogens is 1. The molecule has 0 radical (unpaired) electrons. The minimum Gasteiger partial charge on any atom is -0.492 e. The summed E-state index contributed by atoms with van der Waals surface area (Å²) < 4.78 is 5.91. The fourth-order valence-electron chi connectivity index (χ4n) is 3.80. The van der Waals surface area contributed by atoms with Gasteiger partial charge in [-0.15, -0.1) is 0 Å². The molecule has 1 aromatic carbocycles. The van der Waals surface area contributed by atoms with Crippen molar-refractivity contribution in [2.45, 2.75) is 30.8 Å². The zero-order valence-corrected chi connectivity index (χ0v) is 15.0. The number of para-hydroxylation sites is 1. The van der Waals surface area contributed by atoms with E-state index in [1.807, 2.05) is 18.2 Å². The molecule has 1 aliphatic carbocycles. The standard InChI is InChI=1S/C20H23N5O2/c26-8-7-21-16-10-27-17-4-2-1-3-13(17)18(16)25-20-14-9-15(12-5-6-12)24-19(14)22-11-23-20/h1-4,9,11-12,16,18,21,26H,5-8,10H2,(H2,22,23,24,25)/t16-,18-/m0/s1. The summed E-state index contributed by atoms with van der Waals surface area (Å²) in [5, 5.41) is 17.2. The maximum absolute atomic E-state index is 9.22. The van der Waals surface area contributed by atoms with Crippen molar-refractivity contribution < 1.29 is 9.84 Å². The van der Waals surface area contributed by atoms with Crippen molar-refractivity contribution in [2.24, 2.45) is 0 Å². The summed E-state index contributed by atoms with van der Waals surface area (Å²) in [6.07, 6.45) is 4.08. The van der Waals surface area contributed by atoms with Gasteiger partial charge >= 0.3 is 0 Å². The van der Waals surface area contributed by atoms with E-state index in [1.165, 1.54) is 18.5 Å². The van der Waals surface area contributed by atoms with Gasteiger partial charge in [0.05, 0.1) is 24.1 Å². The normalized spacial score (nSPS) is 21.7. The lowest BCUT2D eigenvalue weighted by molar-refractivity contribution is 0.207. The summed E-state index contributed by atoms with van der Waals surface area (Å²) in [7, 11) is 0. The predicted octanol–water partition coefficient (Wildman–Crippen LogP) is 2.33. The summed E-state index contributed by atoms with van der Waals surface area (Å²) in [6, 6.07) is 10.2. The third-order valence-corrected chi connectivity index (χ3v) is 5.35. The molecule has 7 heteroatoms. The molecule has 5 rings (SSSR count). The minimum atomic E-state index is -0.0149. The van der Waals surface area contributed by atoms with E-state index in [-0.39, 0.29) is 18.7 Å². The Kier molecular flexibility index (Phi) is 4.18. The molecule has 140 valence electrons. The van der Waals surface area contributed by atoms with Gasteiger partial charge in [0.15, 0.2) is 0 Å². The van der Waals surface area contributed by atoms with Crippen LogP contribution in [0.3, 0.4) is 0 Å². The highest BCUT2D eigenvalue weighted by Gasteiger charge is 2.32. The quantitative estimate of drug-likeness (QED) is 0.536. The Morgan fingerprint density at radius 2 is 2.11 bits per heavy atom. The van der Waals surface area contributed by atoms with Crippen LogP contribution in [0.2, 0.25) is 0 Å². The number of hydrogen-bond donors (Lipinski definition) is 4. The van der Waals surface area contributed by atoms with E-state index >= 15 is 0 Å². The molecule has 0 spiro atoms. The van der Waals surface area contributed by atoms with Gasteiger partial charge in [0.1, 0.15) is 30.1 Å². The van der Waals surface area contributed by atoms with Gasteiger partial charge in [-0.25, -0.2) is 9.97 Å². The maximum atomic E-state index is 9.22. The average molecular weight is 365 g/mol. The first-order valence-electron chi connectivity index (χ1n) is 9.49. The van der Waals surface area contributed by atoms with E-state index in [2.05, 4.69) is 37.7 Å². The molecule has 1 fully saturated rings. The molecule has 2 aliphatic rings. The number of hydrogen-bond acceptors (Lipinski definition) is 6. The van der Waals surface area contributed by atoms with Crippen LogP contribution in [0.1, 0.15) is 36.1 Å². The van der Waals surface area contributed by atoms with Crippen LogP contribution in [0.4, 0.5) is 5.82 Å². The van der Waals surface area contributed by atoms with Crippen molar-refractivity contribution in [3.63, 3.8) is 0 Å². The van der Waals surface area contributed by atoms with Crippen LogP contribution in [0.25, 0.3) is 11.0 Å². The fourth-order valence-corrected chi connectivity index (χ4v) is 3.80. The second-order valence-corrected chi connectivity index (χ2v) is 7.24. The van der Waals surface area contributed by atoms with Crippen LogP contribution in [0, 0.1) is 0 Å². The Morgan fingerprint density at radius 1 is 1.22 bits per heavy atom. The van der Waals surface area contributed by atoms with Crippen molar-refractivity contribution in [3.8, 4) is 5.75 Å². The molecular weight excluding hydrogens is 342 g/mol. The number of aliphatic hydroxyl groups excluding tert-OH is 1. The minimum absolute atomic E-state index is 0.0149. The van der Waals surface area contributed by atoms with Crippen LogP contribution >= 0.6 is 0 Å². The third-order valence-electron chi connectivity index (χ3n) is 5.35. The number of nitrogens with one attached hydrogen (secondary N) is 3. The Morgan fingerprint density at radius 3 is 2.96 bits per heavy atom. The Labute approximate surface area is 157 Å². The second kappa shape index (κ2) is 6.83. The molecular formula is C20H23N5O2. The van der Waals surface area contributed by atoms with Crippen LogP contribution in [0.15, 0.2) is 36.7 Å². The Bertz CT molecular complexity index is 952. The molecule has 7 nitrogen and oxygen atoms in total. The van der Waals surface area contributed by atoms with E-state index in [0.717, 1.165) is 28.2 Å². The number of fused-ring (bicyclic) bond motifs is 2. The lowest BCUT2D eigenvalue weighted by Gasteiger charge is -2.35. The lowest BCUT2D eigenvalue weighted by atomic mass is 9.96. The van der Waals surface area contributed by atoms with Crippen LogP contribution in [-0.4, -0.2) is 45.9 Å². The smallest absolute Gasteiger partial charge is 0.143 e. The van der Waals surface area contributed by atoms with Crippen LogP contribution < -0.4 is 15.4 Å². The van der Waals surface area contributed by atoms with Crippen molar-refractivity contribution >= 4 is 16.9 Å². The number of aromatic nitrogens is 3. The highest BCUT2D eigenvalue weighted by molar-refractivity contribution is 5.88. The zero-order chi connectivity index (χ0) is 18.2. The SMILES string of the molecule is OCCN[C@H]1COc2ccccc2[C@@H]1Nc1ncnc2[nH]c(C3CC3)cc12. The van der Waals surface area contributed by atoms with Gasteiger partial charge in [-0.1, -0.05) is 18.2 Å². The number of rotatable bonds is 6. The van der Waals surface area contributed by atoms with Gasteiger partial charge in [0.2, 0.25) is 0 Å². The largest absolute Gasteiger partial charge is 0.492 e. The number of nitrogens with zero attached hydrogens (tertiary/aromatic N) is 2. The summed E-state index contributed by atoms with van der Waals surface area (Å²) in [6.45, 7) is 1.14. The Hall–Kier alpha value is -2.64. The number of aliphatic hydroxyl groups is 1. The molecule has 0 bridgehead atoms. The van der Waals surface area contributed by atoms with E-state index < -0.39 is 0 Å². The monoisotopic (exact) mass is 365 g/mol. The topological polar surface area (TPSA) is 95.1 Å². The van der Waals surface area contributed by atoms with Gasteiger partial charge in [-0.3, -0.25) is 0 Å². The maximum Gasteiger partial charge on any atom is 0.143 e. The summed E-state index contributed by atoms with van der Waals surface area (Å²) in [5.74, 6) is 2.34. The zero-order valence-electron chi connectivity index (χ0n) is 15.0. The molecule has 0 unspecified atom stereocenters. The number of benzene rings is 1. The van der Waals surface area contributed by atoms with E-state index in [4.69, 9.17) is 4.74 Å². The second-order valence-electron chi connectivity index (χ2n) is 7.24. The summed E-state index contributed by atoms with van der Waals surface area (Å²) in [5.41, 5.74) is 3.20. The van der Waals surface area contributed by atoms with Crippen molar-refractivity contribution in [1.29, 1.82) is 0 Å². The molecule has 0 saturated heterocycles. The van der Waals surface area contributed by atoms with Crippen LogP contribution in [-0.2, 0) is 0 Å². The number of ether oxygens (including phenoxy) is 1.